The molecule has 0 saturated carbocycles. The molecule has 75 heavy (non-hydrogen) atoms. The molecule has 1 spiro atoms. The Hall–Kier alpha value is -9.64. The molecule has 0 fully saturated rings. The third-order valence-corrected chi connectivity index (χ3v) is 22.1. The molecule has 10 aromatic carbocycles. The van der Waals surface area contributed by atoms with Gasteiger partial charge in [0.25, 0.3) is 13.4 Å². The first-order valence-corrected chi connectivity index (χ1v) is 27.5. The van der Waals surface area contributed by atoms with Crippen molar-refractivity contribution in [3.63, 3.8) is 0 Å². The molecule has 0 aliphatic carbocycles. The van der Waals surface area contributed by atoms with E-state index in [1.807, 2.05) is 6.07 Å². The van der Waals surface area contributed by atoms with E-state index in [-0.39, 0.29) is 13.4 Å². The summed E-state index contributed by atoms with van der Waals surface area (Å²) in [5.41, 5.74) is 11.6. The molecule has 3 aromatic heterocycles. The van der Waals surface area contributed by atoms with E-state index in [4.69, 9.17) is 33.9 Å². The molecular formula is C63H33B2N5O4Si. The molecule has 12 heteroatoms. The average molecular weight is 974 g/mol. The Morgan fingerprint density at radius 2 is 0.653 bits per heavy atom. The van der Waals surface area contributed by atoms with Gasteiger partial charge in [-0.25, -0.2) is 0 Å². The van der Waals surface area contributed by atoms with Gasteiger partial charge in [0.15, 0.2) is 13.9 Å². The maximum Gasteiger partial charge on any atom is 0.260 e. The van der Waals surface area contributed by atoms with Crippen LogP contribution in [-0.4, -0.2) is 45.6 Å². The molecule has 9 nitrogen and oxygen atoms in total. The van der Waals surface area contributed by atoms with Crippen LogP contribution in [0.15, 0.2) is 200 Å². The molecule has 344 valence electrons. The molecule has 0 saturated heterocycles. The van der Waals surface area contributed by atoms with Gasteiger partial charge in [0.1, 0.15) is 46.0 Å². The number of fused-ring (bicyclic) bond motifs is 10. The van der Waals surface area contributed by atoms with Crippen LogP contribution >= 0.6 is 0 Å². The van der Waals surface area contributed by atoms with Crippen molar-refractivity contribution in [2.45, 2.75) is 0 Å². The predicted molar refractivity (Wildman–Crippen MR) is 300 cm³/mol. The fraction of sp³-hybridized carbons (Fsp3) is 0. The Balaban J connectivity index is 0.883. The van der Waals surface area contributed by atoms with Crippen molar-refractivity contribution in [3.8, 4) is 69.3 Å². The minimum absolute atomic E-state index is 0.0337. The van der Waals surface area contributed by atoms with Gasteiger partial charge in [-0.1, -0.05) is 127 Å². The van der Waals surface area contributed by atoms with E-state index < -0.39 is 8.07 Å². The highest BCUT2D eigenvalue weighted by Crippen LogP contribution is 2.43. The maximum absolute atomic E-state index is 7.52. The van der Waals surface area contributed by atoms with Gasteiger partial charge in [-0.2, -0.15) is 15.0 Å². The summed E-state index contributed by atoms with van der Waals surface area (Å²) in [4.78, 5) is 16.5. The second-order valence-electron chi connectivity index (χ2n) is 20.4. The number of nitrogens with zero attached hydrogens (tertiary/aromatic N) is 5. The summed E-state index contributed by atoms with van der Waals surface area (Å²) in [6.45, 7) is -0.242. The van der Waals surface area contributed by atoms with Gasteiger partial charge in [-0.15, -0.1) is 0 Å². The molecule has 0 bridgehead atoms. The van der Waals surface area contributed by atoms with Crippen molar-refractivity contribution in [3.05, 3.63) is 200 Å². The summed E-state index contributed by atoms with van der Waals surface area (Å²) in [5, 5.41) is 9.71. The average Bonchev–Trinajstić information content (AvgIpc) is 4.13. The normalized spacial score (nSPS) is 14.6. The molecule has 0 amide bonds. The van der Waals surface area contributed by atoms with Crippen molar-refractivity contribution in [2.75, 3.05) is 0 Å². The quantitative estimate of drug-likeness (QED) is 0.174. The lowest BCUT2D eigenvalue weighted by Crippen LogP contribution is -2.94. The Morgan fingerprint density at radius 3 is 1.08 bits per heavy atom. The SMILES string of the molecule is c1cc2c3c(c1)Oc1cccc4c1B3c1c(cccc1[Si]41c3cccc4c3B3c5c(cccc51)Oc1c(-c5nc(-n6c7ccccc7c7ccccc76)nc(-n6c7ccccc7c7ccccc76)n5)ccc(c13)O4)O2. The summed E-state index contributed by atoms with van der Waals surface area (Å²) in [7, 11) is -3.21. The lowest BCUT2D eigenvalue weighted by atomic mass is 9.34. The summed E-state index contributed by atoms with van der Waals surface area (Å²) < 4.78 is 32.8. The molecule has 0 atom stereocenters. The van der Waals surface area contributed by atoms with Gasteiger partial charge in [0, 0.05) is 32.5 Å². The van der Waals surface area contributed by atoms with E-state index in [1.165, 1.54) is 42.6 Å². The zero-order chi connectivity index (χ0) is 48.4. The number of ether oxygens (including phenoxy) is 4. The van der Waals surface area contributed by atoms with Gasteiger partial charge >= 0.3 is 0 Å². The topological polar surface area (TPSA) is 85.5 Å². The molecule has 0 unspecified atom stereocenters. The highest BCUT2D eigenvalue weighted by molar-refractivity contribution is 7.31. The highest BCUT2D eigenvalue weighted by atomic mass is 28.3. The number of benzene rings is 10. The summed E-state index contributed by atoms with van der Waals surface area (Å²) in [6.07, 6.45) is 0. The van der Waals surface area contributed by atoms with Crippen molar-refractivity contribution in [1.29, 1.82) is 0 Å². The zero-order valence-electron chi connectivity index (χ0n) is 39.6. The van der Waals surface area contributed by atoms with Crippen LogP contribution in [-0.2, 0) is 0 Å². The van der Waals surface area contributed by atoms with Crippen molar-refractivity contribution >= 4 is 119 Å². The molecule has 0 radical (unpaired) electrons. The maximum atomic E-state index is 7.52. The van der Waals surface area contributed by atoms with E-state index in [0.717, 1.165) is 100 Å². The summed E-state index contributed by atoms with van der Waals surface area (Å²) in [6, 6.07) is 71.0. The molecular weight excluding hydrogens is 940 g/mol. The summed E-state index contributed by atoms with van der Waals surface area (Å²) in [5.74, 6) is 8.09. The second kappa shape index (κ2) is 13.5. The number of para-hydroxylation sites is 4. The van der Waals surface area contributed by atoms with E-state index in [2.05, 4.69) is 203 Å². The molecule has 13 aromatic rings. The zero-order valence-corrected chi connectivity index (χ0v) is 40.6. The lowest BCUT2D eigenvalue weighted by Gasteiger charge is -2.51. The molecule has 0 N–H and O–H groups in total. The molecule has 9 heterocycles. The van der Waals surface area contributed by atoms with E-state index >= 15 is 0 Å². The van der Waals surface area contributed by atoms with Gasteiger partial charge in [-0.3, -0.25) is 9.13 Å². The summed E-state index contributed by atoms with van der Waals surface area (Å²) >= 11 is 0. The number of hydrogen-bond acceptors (Lipinski definition) is 7. The fourth-order valence-electron chi connectivity index (χ4n) is 14.4. The van der Waals surface area contributed by atoms with E-state index in [1.54, 1.807) is 0 Å². The third-order valence-electron chi connectivity index (χ3n) is 17.1. The number of aromatic nitrogens is 5. The van der Waals surface area contributed by atoms with Crippen LogP contribution in [0.5, 0.6) is 46.0 Å². The first-order valence-electron chi connectivity index (χ1n) is 25.5. The number of hydrogen-bond donors (Lipinski definition) is 0. The van der Waals surface area contributed by atoms with Crippen LogP contribution < -0.4 is 72.5 Å². The third kappa shape index (κ3) is 4.60. The van der Waals surface area contributed by atoms with Crippen molar-refractivity contribution in [1.82, 2.24) is 24.1 Å². The van der Waals surface area contributed by atoms with Gasteiger partial charge < -0.3 is 18.9 Å². The van der Waals surface area contributed by atoms with Crippen LogP contribution in [0.3, 0.4) is 0 Å². The van der Waals surface area contributed by atoms with E-state index in [9.17, 15) is 0 Å². The van der Waals surface area contributed by atoms with Crippen LogP contribution in [0, 0.1) is 0 Å². The van der Waals surface area contributed by atoms with Crippen molar-refractivity contribution in [2.24, 2.45) is 0 Å². The Morgan fingerprint density at radius 1 is 0.307 bits per heavy atom. The largest absolute Gasteiger partial charge is 0.458 e. The highest BCUT2D eigenvalue weighted by Gasteiger charge is 2.61. The Bertz CT molecular complexity index is 4520. The fourth-order valence-corrected chi connectivity index (χ4v) is 20.2. The minimum atomic E-state index is -3.21. The smallest absolute Gasteiger partial charge is 0.260 e. The monoisotopic (exact) mass is 973 g/mol. The van der Waals surface area contributed by atoms with Crippen molar-refractivity contribution < 1.29 is 18.9 Å². The second-order valence-corrected chi connectivity index (χ2v) is 24.1. The van der Waals surface area contributed by atoms with Crippen LogP contribution in [0.2, 0.25) is 0 Å². The lowest BCUT2D eigenvalue weighted by molar-refractivity contribution is 0.464. The van der Waals surface area contributed by atoms with Gasteiger partial charge in [0.2, 0.25) is 11.9 Å². The van der Waals surface area contributed by atoms with Crippen LogP contribution in [0.25, 0.3) is 66.9 Å². The molecule has 6 aliphatic heterocycles. The van der Waals surface area contributed by atoms with E-state index in [0.29, 0.717) is 23.5 Å². The van der Waals surface area contributed by atoms with Gasteiger partial charge in [-0.05, 0) is 115 Å². The van der Waals surface area contributed by atoms with Crippen LogP contribution in [0.1, 0.15) is 0 Å². The first kappa shape index (κ1) is 39.0. The van der Waals surface area contributed by atoms with Crippen LogP contribution in [0.4, 0.5) is 0 Å². The molecule has 6 aliphatic rings. The predicted octanol–water partition coefficient (Wildman–Crippen LogP) is 7.19. The standard InChI is InChI=1S/C63H33B2N5O4Si/c1-5-18-39-34(14-1)35-15-2-6-19-40(35)69(39)62-66-61(67-63(68-62)70-41-20-7-3-16-36(41)37-17-4-8-21-42(37)70)38-32-33-49-59-60(38)74-48-27-13-31-53-58(48)65(59)57-47(73-49)26-12-30-52(57)75(53)50-28-10-24-45-55(50)64-54-43(71-45)22-9-23-44(54)72-46-25-11-29-51(75)56(46)64/h1-33H. The first-order chi connectivity index (χ1) is 37.2. The number of rotatable bonds is 3. The Kier molecular flexibility index (Phi) is 7.01. The Labute approximate surface area is 429 Å². The minimum Gasteiger partial charge on any atom is -0.458 e. The van der Waals surface area contributed by atoms with Gasteiger partial charge in [0.05, 0.1) is 27.6 Å². The molecule has 19 rings (SSSR count).